The molecule has 2 fully saturated rings. The van der Waals surface area contributed by atoms with E-state index in [-0.39, 0.29) is 17.7 Å². The van der Waals surface area contributed by atoms with Crippen LogP contribution < -0.4 is 0 Å². The van der Waals surface area contributed by atoms with Gasteiger partial charge in [0, 0.05) is 24.0 Å². The van der Waals surface area contributed by atoms with Gasteiger partial charge in [0.25, 0.3) is 0 Å². The molecule has 2 aliphatic carbocycles. The number of carboxylic acid groups (broad SMARTS) is 1. The molecule has 0 heterocycles. The summed E-state index contributed by atoms with van der Waals surface area (Å²) in [5, 5.41) is 9.68. The largest absolute Gasteiger partial charge is 0.481 e. The minimum Gasteiger partial charge on any atom is -0.481 e. The number of aliphatic carboxylic acids is 1. The van der Waals surface area contributed by atoms with Gasteiger partial charge >= 0.3 is 5.97 Å². The molecule has 0 spiro atoms. The molecule has 0 bridgehead atoms. The maximum Gasteiger partial charge on any atom is 0.306 e. The lowest BCUT2D eigenvalue weighted by Gasteiger charge is -2.35. The van der Waals surface area contributed by atoms with Crippen molar-refractivity contribution >= 4 is 23.5 Å². The number of nitrogens with zero attached hydrogens (tertiary/aromatic N) is 1. The van der Waals surface area contributed by atoms with Gasteiger partial charge in [0.1, 0.15) is 0 Å². The Morgan fingerprint density at radius 1 is 1.13 bits per heavy atom. The summed E-state index contributed by atoms with van der Waals surface area (Å²) in [7, 11) is 0. The Labute approximate surface area is 141 Å². The van der Waals surface area contributed by atoms with Crippen molar-refractivity contribution < 1.29 is 14.7 Å². The Balaban J connectivity index is 1.55. The molecule has 1 aromatic carbocycles. The minimum absolute atomic E-state index is 0.0972. The second kappa shape index (κ2) is 6.91. The van der Waals surface area contributed by atoms with E-state index < -0.39 is 5.97 Å². The first-order valence-electron chi connectivity index (χ1n) is 8.29. The predicted molar refractivity (Wildman–Crippen MR) is 88.3 cm³/mol. The summed E-state index contributed by atoms with van der Waals surface area (Å²) in [5.74, 6) is -0.421. The van der Waals surface area contributed by atoms with E-state index in [9.17, 15) is 9.59 Å². The molecule has 23 heavy (non-hydrogen) atoms. The average Bonchev–Trinajstić information content (AvgIpc) is 3.27. The average molecular weight is 336 g/mol. The fourth-order valence-electron chi connectivity index (χ4n) is 3.10. The van der Waals surface area contributed by atoms with Gasteiger partial charge < -0.3 is 10.0 Å². The summed E-state index contributed by atoms with van der Waals surface area (Å²) in [6, 6.07) is 7.72. The molecule has 3 rings (SSSR count). The van der Waals surface area contributed by atoms with Gasteiger partial charge in [0.2, 0.25) is 5.91 Å². The molecule has 0 radical (unpaired) electrons. The molecular weight excluding hydrogens is 314 g/mol. The molecular formula is C18H22ClNO3. The van der Waals surface area contributed by atoms with Gasteiger partial charge in [0.15, 0.2) is 0 Å². The van der Waals surface area contributed by atoms with Crippen molar-refractivity contribution in [3.63, 3.8) is 0 Å². The van der Waals surface area contributed by atoms with Gasteiger partial charge in [0.05, 0.1) is 5.92 Å². The zero-order valence-electron chi connectivity index (χ0n) is 13.1. The topological polar surface area (TPSA) is 57.6 Å². The molecule has 0 aromatic heterocycles. The molecule has 2 aliphatic rings. The lowest BCUT2D eigenvalue weighted by atomic mass is 9.74. The highest BCUT2D eigenvalue weighted by molar-refractivity contribution is 6.30. The van der Waals surface area contributed by atoms with Crippen LogP contribution >= 0.6 is 11.6 Å². The number of benzene rings is 1. The molecule has 2 saturated carbocycles. The van der Waals surface area contributed by atoms with E-state index in [2.05, 4.69) is 0 Å². The number of rotatable bonds is 7. The lowest BCUT2D eigenvalue weighted by Crippen LogP contribution is -2.45. The van der Waals surface area contributed by atoms with Crippen LogP contribution in [-0.4, -0.2) is 35.0 Å². The van der Waals surface area contributed by atoms with Crippen LogP contribution in [0.2, 0.25) is 5.02 Å². The van der Waals surface area contributed by atoms with Crippen LogP contribution in [0, 0.1) is 17.8 Å². The van der Waals surface area contributed by atoms with Crippen molar-refractivity contribution in [2.45, 2.75) is 32.1 Å². The maximum atomic E-state index is 12.6. The Morgan fingerprint density at radius 3 is 2.35 bits per heavy atom. The van der Waals surface area contributed by atoms with Crippen molar-refractivity contribution in [3.05, 3.63) is 34.9 Å². The summed E-state index contributed by atoms with van der Waals surface area (Å²) < 4.78 is 0. The molecule has 0 saturated heterocycles. The van der Waals surface area contributed by atoms with Gasteiger partial charge in [-0.05, 0) is 55.7 Å². The summed E-state index contributed by atoms with van der Waals surface area (Å²) in [4.78, 5) is 25.5. The third-order valence-electron chi connectivity index (χ3n) is 4.91. The van der Waals surface area contributed by atoms with Crippen molar-refractivity contribution in [1.82, 2.24) is 4.90 Å². The maximum absolute atomic E-state index is 12.6. The number of hydrogen-bond donors (Lipinski definition) is 1. The van der Waals surface area contributed by atoms with E-state index in [1.807, 2.05) is 29.2 Å². The normalized spacial score (nSPS) is 23.2. The summed E-state index contributed by atoms with van der Waals surface area (Å²) >= 11 is 5.90. The van der Waals surface area contributed by atoms with Crippen LogP contribution in [0.25, 0.3) is 0 Å². The molecule has 0 atom stereocenters. The second-order valence-corrected chi connectivity index (χ2v) is 7.24. The summed E-state index contributed by atoms with van der Waals surface area (Å²) in [5.41, 5.74) is 1.17. The molecule has 1 amide bonds. The van der Waals surface area contributed by atoms with Crippen LogP contribution in [0.4, 0.5) is 0 Å². The number of carbonyl (C=O) groups is 2. The van der Waals surface area contributed by atoms with Gasteiger partial charge in [-0.15, -0.1) is 0 Å². The first-order valence-corrected chi connectivity index (χ1v) is 8.66. The number of halogens is 1. The van der Waals surface area contributed by atoms with Gasteiger partial charge in [-0.3, -0.25) is 9.59 Å². The third-order valence-corrected chi connectivity index (χ3v) is 5.16. The minimum atomic E-state index is -0.774. The summed E-state index contributed by atoms with van der Waals surface area (Å²) in [6.07, 6.45) is 4.21. The number of amides is 1. The quantitative estimate of drug-likeness (QED) is 0.832. The van der Waals surface area contributed by atoms with E-state index >= 15 is 0 Å². The second-order valence-electron chi connectivity index (χ2n) is 6.81. The van der Waals surface area contributed by atoms with Gasteiger partial charge in [-0.25, -0.2) is 0 Å². The van der Waals surface area contributed by atoms with E-state index in [0.717, 1.165) is 13.0 Å². The Bertz CT molecular complexity index is 576. The van der Waals surface area contributed by atoms with E-state index in [1.54, 1.807) is 0 Å². The first kappa shape index (κ1) is 16.3. The predicted octanol–water partition coefficient (Wildman–Crippen LogP) is 3.23. The highest BCUT2D eigenvalue weighted by atomic mass is 35.5. The Morgan fingerprint density at radius 2 is 1.78 bits per heavy atom. The van der Waals surface area contributed by atoms with Gasteiger partial charge in [-0.2, -0.15) is 0 Å². The lowest BCUT2D eigenvalue weighted by molar-refractivity contribution is -0.151. The molecule has 0 aliphatic heterocycles. The zero-order chi connectivity index (χ0) is 16.4. The molecule has 1 N–H and O–H groups in total. The number of carboxylic acids is 1. The third kappa shape index (κ3) is 4.25. The van der Waals surface area contributed by atoms with Crippen LogP contribution in [0.1, 0.15) is 31.2 Å². The molecule has 5 heteroatoms. The standard InChI is InChI=1S/C18H22ClNO3/c19-16-5-3-12(4-6-16)7-8-20(11-13-1-2-13)17(21)14-9-15(10-14)18(22)23/h3-6,13-15H,1-2,7-11H2,(H,22,23). The monoisotopic (exact) mass is 335 g/mol. The fraction of sp³-hybridized carbons (Fsp3) is 0.556. The zero-order valence-corrected chi connectivity index (χ0v) is 13.8. The SMILES string of the molecule is O=C(O)C1CC(C(=O)N(CCc2ccc(Cl)cc2)CC2CC2)C1. The van der Waals surface area contributed by atoms with Crippen molar-refractivity contribution in [3.8, 4) is 0 Å². The van der Waals surface area contributed by atoms with Crippen LogP contribution in [0.15, 0.2) is 24.3 Å². The molecule has 0 unspecified atom stereocenters. The van der Waals surface area contributed by atoms with E-state index in [1.165, 1.54) is 18.4 Å². The number of carbonyl (C=O) groups excluding carboxylic acids is 1. The fourth-order valence-corrected chi connectivity index (χ4v) is 3.22. The highest BCUT2D eigenvalue weighted by Crippen LogP contribution is 2.37. The molecule has 124 valence electrons. The molecule has 4 nitrogen and oxygen atoms in total. The van der Waals surface area contributed by atoms with Crippen LogP contribution in [0.3, 0.4) is 0 Å². The van der Waals surface area contributed by atoms with E-state index in [4.69, 9.17) is 16.7 Å². The van der Waals surface area contributed by atoms with E-state index in [0.29, 0.717) is 30.3 Å². The van der Waals surface area contributed by atoms with Crippen LogP contribution in [-0.2, 0) is 16.0 Å². The Kier molecular flexibility index (Phi) is 4.90. The summed E-state index contributed by atoms with van der Waals surface area (Å²) in [6.45, 7) is 1.52. The van der Waals surface area contributed by atoms with Crippen LogP contribution in [0.5, 0.6) is 0 Å². The smallest absolute Gasteiger partial charge is 0.306 e. The van der Waals surface area contributed by atoms with Gasteiger partial charge in [-0.1, -0.05) is 23.7 Å². The van der Waals surface area contributed by atoms with Crippen molar-refractivity contribution in [2.75, 3.05) is 13.1 Å². The highest BCUT2D eigenvalue weighted by Gasteiger charge is 2.41. The molecule has 1 aromatic rings. The first-order chi connectivity index (χ1) is 11.0. The van der Waals surface area contributed by atoms with Crippen molar-refractivity contribution in [1.29, 1.82) is 0 Å². The number of hydrogen-bond acceptors (Lipinski definition) is 2. The van der Waals surface area contributed by atoms with Crippen molar-refractivity contribution in [2.24, 2.45) is 17.8 Å². The Hall–Kier alpha value is -1.55.